The normalized spacial score (nSPS) is 29.4. The van der Waals surface area contributed by atoms with Gasteiger partial charge in [-0.3, -0.25) is 37.2 Å². The van der Waals surface area contributed by atoms with Crippen LogP contribution in [0.25, 0.3) is 44.7 Å². The number of fused-ring (bicyclic) bond motifs is 4. The fourth-order valence-corrected chi connectivity index (χ4v) is 23.3. The molecule has 16 heterocycles. The number of aromatic amines is 1. The number of aryl methyl sites for hydroxylation is 2. The maximum Gasteiger partial charge on any atom is 0.351 e. The lowest BCUT2D eigenvalue weighted by Crippen LogP contribution is -2.33. The standard InChI is InChI=1S/C62H81N25O27P6S6/c1-5-29-30(6-43(103-29)84-23-76-47-52(64)68-19-72-56(47)84)110-116(92,122)98-16-38-33(9-44(106-38)85-24-77-48-53(65)69-20-73-57(48)85)114-120(96,126)102-18-40-35(11-46(108-40)87-26-79-50-55(67)71-22-75-59(50)87)113-119(95,125)100-15-37-32(8-42(105-37)83-13-28(3)60(88)81-62(83)90)111-117(93,123)101-17-39-34(10-45(107-39)86-25-78-49-54(66)70-21-74-58(49)86)112-118(94,124)99-14-36-31(109-115(91,121)97-4)7-41(104-36)82-12-27(2)51(63)80-61(82)89/h12-13,19-26,29-46H,5-11,14-18H2,1-4H3,(H,91,121)(H,92,122)(H,93,123)(H,94,124)(H,95,125)(H,96,126)(H2,63,80,89)(H2,64,68,72)(H2,65,69,73)(H2,66,70,74)(H2,67,71,75)(H,81,88,90)/t29-,30?,31?,32?,33?,34?,35?,36-,37-,38-,39-,40-,41-,42-,43-,44-,45-,46-,115?,116?,117?,118?,119?,120?/m1/s1. The van der Waals surface area contributed by atoms with E-state index in [9.17, 15) is 43.7 Å². The number of nitrogens with one attached hydrogen (secondary N) is 1. The van der Waals surface area contributed by atoms with Gasteiger partial charge in [0.05, 0.1) is 101 Å². The molecule has 10 aromatic heterocycles. The lowest BCUT2D eigenvalue weighted by atomic mass is 10.1. The number of aromatic nitrogens is 20. The van der Waals surface area contributed by atoms with Crippen molar-refractivity contribution in [2.45, 2.75) is 176 Å². The van der Waals surface area contributed by atoms with E-state index in [-0.39, 0.29) is 107 Å². The number of anilines is 5. The highest BCUT2D eigenvalue weighted by Gasteiger charge is 2.51. The molecule has 16 rings (SSSR count). The van der Waals surface area contributed by atoms with Gasteiger partial charge in [0.15, 0.2) is 45.9 Å². The Kier molecular flexibility index (Phi) is 27.6. The fraction of sp³-hybridized carbons (Fsp3) is 0.548. The van der Waals surface area contributed by atoms with Crippen molar-refractivity contribution in [1.29, 1.82) is 0 Å². The molecule has 0 aromatic carbocycles. The second-order valence-corrected chi connectivity index (χ2v) is 46.1. The third-order valence-electron chi connectivity index (χ3n) is 21.1. The molecule has 6 fully saturated rings. The average Bonchev–Trinajstić information content (AvgIpc) is 1.64. The summed E-state index contributed by atoms with van der Waals surface area (Å²) in [4.78, 5) is 168. The molecule has 0 radical (unpaired) electrons. The van der Waals surface area contributed by atoms with Crippen molar-refractivity contribution in [3.8, 4) is 0 Å². The molecule has 682 valence electrons. The van der Waals surface area contributed by atoms with Crippen LogP contribution in [-0.2, 0) is 154 Å². The van der Waals surface area contributed by atoms with Crippen LogP contribution < -0.4 is 45.6 Å². The Bertz CT molecular complexity index is 6270. The van der Waals surface area contributed by atoms with Gasteiger partial charge in [0.2, 0.25) is 0 Å². The molecule has 6 aliphatic rings. The van der Waals surface area contributed by atoms with Gasteiger partial charge in [0.25, 0.3) is 5.56 Å². The largest absolute Gasteiger partial charge is 0.383 e. The Labute approximate surface area is 740 Å². The number of nitrogen functional groups attached to an aromatic ring is 5. The quantitative estimate of drug-likeness (QED) is 0.0253. The molecule has 0 aliphatic carbocycles. The maximum absolute atomic E-state index is 13.6. The van der Waals surface area contributed by atoms with Crippen molar-refractivity contribution in [2.75, 3.05) is 68.8 Å². The molecule has 52 nitrogen and oxygen atoms in total. The molecule has 17 N–H and O–H groups in total. The molecule has 10 aromatic rings. The summed E-state index contributed by atoms with van der Waals surface area (Å²) in [5, 5.41) is 0. The highest BCUT2D eigenvalue weighted by molar-refractivity contribution is 8.08. The van der Waals surface area contributed by atoms with E-state index >= 15 is 0 Å². The van der Waals surface area contributed by atoms with Crippen molar-refractivity contribution in [3.63, 3.8) is 0 Å². The molecule has 0 saturated carbocycles. The summed E-state index contributed by atoms with van der Waals surface area (Å²) in [6, 6.07) is 0. The predicted octanol–water partition coefficient (Wildman–Crippen LogP) is 2.16. The van der Waals surface area contributed by atoms with E-state index in [1.165, 1.54) is 79.1 Å². The van der Waals surface area contributed by atoms with Gasteiger partial charge in [0, 0.05) is 69.2 Å². The van der Waals surface area contributed by atoms with Gasteiger partial charge in [-0.2, -0.15) is 4.98 Å². The zero-order chi connectivity index (χ0) is 89.4. The van der Waals surface area contributed by atoms with Crippen LogP contribution in [-0.4, -0.2) is 240 Å². The Balaban J connectivity index is 0.611. The summed E-state index contributed by atoms with van der Waals surface area (Å²) >= 11 is 33.5. The molecule has 64 heteroatoms. The maximum atomic E-state index is 13.6. The number of ether oxygens (including phenoxy) is 6. The third-order valence-corrected chi connectivity index (χ3v) is 30.7. The van der Waals surface area contributed by atoms with Crippen LogP contribution in [0.15, 0.2) is 77.4 Å². The topological polar surface area (TPSA) is 682 Å². The number of H-pyrrole nitrogens is 1. The van der Waals surface area contributed by atoms with Crippen LogP contribution in [0.1, 0.15) is 100 Å². The summed E-state index contributed by atoms with van der Waals surface area (Å²) in [7, 11) is 1.14. The summed E-state index contributed by atoms with van der Waals surface area (Å²) in [5.74, 6) is 0.290. The van der Waals surface area contributed by atoms with Crippen molar-refractivity contribution in [3.05, 3.63) is 105 Å². The van der Waals surface area contributed by atoms with E-state index in [4.69, 9.17) is 182 Å². The Hall–Kier alpha value is -6.30. The first-order valence-corrected chi connectivity index (χ1v) is 53.5. The van der Waals surface area contributed by atoms with Crippen molar-refractivity contribution >= 4 is 185 Å². The zero-order valence-electron chi connectivity index (χ0n) is 65.9. The number of imidazole rings is 4. The molecule has 0 amide bonds. The average molecular weight is 1990 g/mol. The minimum Gasteiger partial charge on any atom is -0.383 e. The molecular formula is C62H81N25O27P6S6. The second-order valence-electron chi connectivity index (χ2n) is 29.2. The molecule has 24 atom stereocenters. The van der Waals surface area contributed by atoms with Crippen molar-refractivity contribution < 1.29 is 112 Å². The van der Waals surface area contributed by atoms with Gasteiger partial charge in [-0.15, -0.1) is 0 Å². The van der Waals surface area contributed by atoms with E-state index in [0.717, 1.165) is 16.2 Å². The second kappa shape index (κ2) is 37.4. The fourth-order valence-electron chi connectivity index (χ4n) is 15.0. The summed E-state index contributed by atoms with van der Waals surface area (Å²) in [6.45, 7) is -24.6. The monoisotopic (exact) mass is 1990 g/mol. The minimum absolute atomic E-state index is 0.0161. The Morgan fingerprint density at radius 2 is 0.643 bits per heavy atom. The van der Waals surface area contributed by atoms with Crippen molar-refractivity contribution in [2.24, 2.45) is 0 Å². The van der Waals surface area contributed by atoms with Gasteiger partial charge >= 0.3 is 51.7 Å². The number of hydrogen-bond acceptors (Lipinski definition) is 45. The van der Waals surface area contributed by atoms with E-state index in [1.54, 1.807) is 16.1 Å². The van der Waals surface area contributed by atoms with Crippen LogP contribution in [0.3, 0.4) is 0 Å². The summed E-state index contributed by atoms with van der Waals surface area (Å²) in [6.07, 6.45) is -7.42. The smallest absolute Gasteiger partial charge is 0.351 e. The van der Waals surface area contributed by atoms with E-state index in [2.05, 4.69) is 69.8 Å². The lowest BCUT2D eigenvalue weighted by molar-refractivity contribution is -0.0565. The van der Waals surface area contributed by atoms with Crippen LogP contribution >= 0.6 is 40.3 Å². The van der Waals surface area contributed by atoms with Gasteiger partial charge in [-0.05, 0) is 91.1 Å². The van der Waals surface area contributed by atoms with Crippen molar-refractivity contribution in [1.82, 2.24) is 97.2 Å². The Morgan fingerprint density at radius 1 is 0.381 bits per heavy atom. The van der Waals surface area contributed by atoms with Gasteiger partial charge < -0.3 is 141 Å². The zero-order valence-corrected chi connectivity index (χ0v) is 76.2. The first-order chi connectivity index (χ1) is 59.8. The highest BCUT2D eigenvalue weighted by Crippen LogP contribution is 2.58. The number of rotatable bonds is 35. The third kappa shape index (κ3) is 20.6. The van der Waals surface area contributed by atoms with Crippen LogP contribution in [0.5, 0.6) is 0 Å². The Morgan fingerprint density at radius 3 is 0.937 bits per heavy atom. The molecule has 12 unspecified atom stereocenters. The SMILES string of the molecule is CC[C@H]1O[C@@H](n2cnc3c(N)ncnc32)CC1OP(O)(=S)OC[C@H]1O[C@@H](n2cnc3c(N)ncnc32)CC1OP(O)(=S)OC[C@H]1O[C@@H](n2cnc3c(N)ncnc32)CC1OP(O)(=S)OC[C@H]1O[C@@H](n2cc(C)c(=O)[nH]c2=O)CC1OP(O)(=S)OC[C@H]1O[C@@H](n2cnc3c(N)ncnc32)CC1OP(O)(=S)OC[C@H]1O[C@@H](n2cc(C)c(N)nc2=O)CC1OP(O)(=S)OC. The number of nitrogens with two attached hydrogens (primary N) is 5. The molecular weight excluding hydrogens is 1910 g/mol. The summed E-state index contributed by atoms with van der Waals surface area (Å²) < 4.78 is 119. The molecule has 0 bridgehead atoms. The first kappa shape index (κ1) is 93.0. The van der Waals surface area contributed by atoms with Crippen LogP contribution in [0, 0.1) is 13.8 Å². The van der Waals surface area contributed by atoms with E-state index in [0.29, 0.717) is 23.1 Å². The van der Waals surface area contributed by atoms with Gasteiger partial charge in [-0.25, -0.2) is 69.4 Å². The molecule has 6 saturated heterocycles. The molecule has 6 aliphatic heterocycles. The van der Waals surface area contributed by atoms with Gasteiger partial charge in [-0.1, -0.05) is 6.92 Å². The van der Waals surface area contributed by atoms with Gasteiger partial charge in [0.1, 0.15) is 121 Å². The number of nitrogens with zero attached hydrogens (tertiary/aromatic N) is 19. The first-order valence-electron chi connectivity index (χ1n) is 37.9. The van der Waals surface area contributed by atoms with E-state index in [1.807, 2.05) is 6.92 Å². The van der Waals surface area contributed by atoms with Crippen LogP contribution in [0.2, 0.25) is 0 Å². The molecule has 0 spiro atoms. The minimum atomic E-state index is -4.63. The number of hydrogen-bond donors (Lipinski definition) is 12. The predicted molar refractivity (Wildman–Crippen MR) is 459 cm³/mol. The summed E-state index contributed by atoms with van der Waals surface area (Å²) in [5.41, 5.74) is 30.7. The lowest BCUT2D eigenvalue weighted by Gasteiger charge is -2.28. The highest BCUT2D eigenvalue weighted by atomic mass is 32.5. The van der Waals surface area contributed by atoms with E-state index < -0.39 is 201 Å². The molecule has 126 heavy (non-hydrogen) atoms. The van der Waals surface area contributed by atoms with Crippen LogP contribution in [0.4, 0.5) is 29.1 Å².